The number of benzene rings is 2. The summed E-state index contributed by atoms with van der Waals surface area (Å²) >= 11 is 0.913. The minimum atomic E-state index is -0.623. The van der Waals surface area contributed by atoms with Crippen LogP contribution in [0.5, 0.6) is 5.75 Å². The Kier molecular flexibility index (Phi) is 5.64. The molecule has 0 saturated carbocycles. The summed E-state index contributed by atoms with van der Waals surface area (Å²) in [4.78, 5) is 23.6. The molecule has 1 heterocycles. The van der Waals surface area contributed by atoms with E-state index in [2.05, 4.69) is 45.1 Å². The third kappa shape index (κ3) is 3.83. The number of rotatable bonds is 4. The van der Waals surface area contributed by atoms with Gasteiger partial charge in [-0.3, -0.25) is 14.9 Å². The smallest absolute Gasteiger partial charge is 0.286 e. The van der Waals surface area contributed by atoms with E-state index in [-0.39, 0.29) is 28.4 Å². The SMILES string of the molecule is COc1ccc(CC2SC(=O)NC2=O)c(F)c1-c1cc2c(cc1C)C(C)(C)CCC2(C)C. The highest BCUT2D eigenvalue weighted by Gasteiger charge is 2.38. The van der Waals surface area contributed by atoms with Crippen LogP contribution in [0.2, 0.25) is 0 Å². The van der Waals surface area contributed by atoms with Gasteiger partial charge in [0.15, 0.2) is 0 Å². The fourth-order valence-corrected chi connectivity index (χ4v) is 5.75. The summed E-state index contributed by atoms with van der Waals surface area (Å²) in [5, 5.41) is 1.27. The molecule has 2 aliphatic rings. The maximum atomic E-state index is 15.9. The molecule has 1 unspecified atom stereocenters. The van der Waals surface area contributed by atoms with Gasteiger partial charge in [-0.15, -0.1) is 0 Å². The molecule has 1 atom stereocenters. The van der Waals surface area contributed by atoms with Gasteiger partial charge in [-0.1, -0.05) is 51.6 Å². The first kappa shape index (κ1) is 22.8. The largest absolute Gasteiger partial charge is 0.496 e. The number of imide groups is 1. The van der Waals surface area contributed by atoms with E-state index in [9.17, 15) is 9.59 Å². The van der Waals surface area contributed by atoms with Crippen LogP contribution in [-0.4, -0.2) is 23.5 Å². The average molecular weight is 456 g/mol. The van der Waals surface area contributed by atoms with Gasteiger partial charge in [0.25, 0.3) is 5.24 Å². The molecule has 1 aliphatic carbocycles. The molecule has 1 fully saturated rings. The number of fused-ring (bicyclic) bond motifs is 1. The van der Waals surface area contributed by atoms with Crippen LogP contribution in [0.15, 0.2) is 24.3 Å². The molecule has 2 aromatic carbocycles. The van der Waals surface area contributed by atoms with Crippen LogP contribution in [0.4, 0.5) is 9.18 Å². The average Bonchev–Trinajstić information content (AvgIpc) is 3.04. The number of carbonyl (C=O) groups is 2. The van der Waals surface area contributed by atoms with Crippen LogP contribution in [0.3, 0.4) is 0 Å². The minimum Gasteiger partial charge on any atom is -0.496 e. The Hall–Kier alpha value is -2.34. The summed E-state index contributed by atoms with van der Waals surface area (Å²) in [7, 11) is 1.54. The first-order valence-corrected chi connectivity index (χ1v) is 11.9. The van der Waals surface area contributed by atoms with Crippen LogP contribution in [-0.2, 0) is 22.0 Å². The summed E-state index contributed by atoms with van der Waals surface area (Å²) in [6, 6.07) is 7.74. The van der Waals surface area contributed by atoms with Gasteiger partial charge in [0.05, 0.1) is 17.9 Å². The van der Waals surface area contributed by atoms with Crippen LogP contribution in [0.1, 0.15) is 62.8 Å². The van der Waals surface area contributed by atoms with E-state index < -0.39 is 11.1 Å². The van der Waals surface area contributed by atoms with Crippen molar-refractivity contribution in [2.45, 2.75) is 70.0 Å². The van der Waals surface area contributed by atoms with E-state index in [0.717, 1.165) is 35.7 Å². The van der Waals surface area contributed by atoms with Gasteiger partial charge in [0.2, 0.25) is 5.91 Å². The number of halogens is 1. The van der Waals surface area contributed by atoms with Gasteiger partial charge in [-0.05, 0) is 77.0 Å². The van der Waals surface area contributed by atoms with E-state index in [4.69, 9.17) is 4.74 Å². The standard InChI is InChI=1S/C26H30FNO3S/c1-14-11-17-18(26(4,5)10-9-25(17,2)3)13-16(14)21-19(31-6)8-7-15(22(21)27)12-20-23(29)28-24(30)32-20/h7-8,11,13,20H,9-10,12H2,1-6H3,(H,28,29,30). The lowest BCUT2D eigenvalue weighted by atomic mass is 9.62. The Bertz CT molecular complexity index is 1120. The lowest BCUT2D eigenvalue weighted by Gasteiger charge is -2.42. The molecular formula is C26H30FNO3S. The lowest BCUT2D eigenvalue weighted by Crippen LogP contribution is -2.34. The first-order valence-electron chi connectivity index (χ1n) is 11.0. The molecule has 1 aliphatic heterocycles. The van der Waals surface area contributed by atoms with E-state index in [0.29, 0.717) is 16.9 Å². The van der Waals surface area contributed by atoms with Crippen molar-refractivity contribution in [2.24, 2.45) is 0 Å². The van der Waals surface area contributed by atoms with Crippen LogP contribution < -0.4 is 10.1 Å². The number of hydrogen-bond donors (Lipinski definition) is 1. The molecule has 2 aromatic rings. The molecular weight excluding hydrogens is 425 g/mol. The lowest BCUT2D eigenvalue weighted by molar-refractivity contribution is -0.118. The highest BCUT2D eigenvalue weighted by molar-refractivity contribution is 8.15. The molecule has 32 heavy (non-hydrogen) atoms. The number of aryl methyl sites for hydroxylation is 1. The van der Waals surface area contributed by atoms with Crippen molar-refractivity contribution in [1.29, 1.82) is 0 Å². The van der Waals surface area contributed by atoms with E-state index >= 15 is 4.39 Å². The molecule has 170 valence electrons. The van der Waals surface area contributed by atoms with Crippen LogP contribution in [0.25, 0.3) is 11.1 Å². The number of nitrogens with one attached hydrogen (secondary N) is 1. The number of ether oxygens (including phenoxy) is 1. The number of hydrogen-bond acceptors (Lipinski definition) is 4. The molecule has 1 N–H and O–H groups in total. The monoisotopic (exact) mass is 455 g/mol. The Morgan fingerprint density at radius 1 is 1.09 bits per heavy atom. The number of amides is 2. The van der Waals surface area contributed by atoms with Gasteiger partial charge in [-0.25, -0.2) is 4.39 Å². The summed E-state index contributed by atoms with van der Waals surface area (Å²) in [5.74, 6) is -0.305. The molecule has 2 amide bonds. The zero-order chi connectivity index (χ0) is 23.4. The summed E-state index contributed by atoms with van der Waals surface area (Å²) in [6.07, 6.45) is 2.32. The third-order valence-corrected chi connectivity index (χ3v) is 8.02. The van der Waals surface area contributed by atoms with Gasteiger partial charge in [-0.2, -0.15) is 0 Å². The number of thioether (sulfide) groups is 1. The number of carbonyl (C=O) groups excluding carboxylic acids is 2. The summed E-state index contributed by atoms with van der Waals surface area (Å²) in [6.45, 7) is 11.0. The van der Waals surface area contributed by atoms with E-state index in [1.54, 1.807) is 12.1 Å². The zero-order valence-corrected chi connectivity index (χ0v) is 20.3. The Morgan fingerprint density at radius 3 is 2.28 bits per heavy atom. The van der Waals surface area contributed by atoms with Gasteiger partial charge in [0, 0.05) is 0 Å². The topological polar surface area (TPSA) is 55.4 Å². The van der Waals surface area contributed by atoms with Crippen molar-refractivity contribution in [2.75, 3.05) is 7.11 Å². The fraction of sp³-hybridized carbons (Fsp3) is 0.462. The predicted molar refractivity (Wildman–Crippen MR) is 127 cm³/mol. The highest BCUT2D eigenvalue weighted by atomic mass is 32.2. The fourth-order valence-electron chi connectivity index (χ4n) is 4.90. The van der Waals surface area contributed by atoms with Crippen molar-refractivity contribution in [1.82, 2.24) is 5.32 Å². The van der Waals surface area contributed by atoms with E-state index in [1.807, 2.05) is 6.92 Å². The predicted octanol–water partition coefficient (Wildman–Crippen LogP) is 6.05. The van der Waals surface area contributed by atoms with Gasteiger partial charge >= 0.3 is 0 Å². The third-order valence-electron chi connectivity index (χ3n) is 7.04. The van der Waals surface area contributed by atoms with Gasteiger partial charge < -0.3 is 4.74 Å². The Balaban J connectivity index is 1.86. The molecule has 0 bridgehead atoms. The molecule has 4 nitrogen and oxygen atoms in total. The Labute approximate surface area is 193 Å². The van der Waals surface area contributed by atoms with Crippen molar-refractivity contribution >= 4 is 22.9 Å². The van der Waals surface area contributed by atoms with Crippen LogP contribution >= 0.6 is 11.8 Å². The van der Waals surface area contributed by atoms with Crippen molar-refractivity contribution in [3.63, 3.8) is 0 Å². The summed E-state index contributed by atoms with van der Waals surface area (Å²) in [5.41, 5.74) is 5.25. The van der Waals surface area contributed by atoms with Crippen molar-refractivity contribution in [3.8, 4) is 16.9 Å². The minimum absolute atomic E-state index is 0.00639. The molecule has 0 spiro atoms. The first-order chi connectivity index (χ1) is 14.9. The summed E-state index contributed by atoms with van der Waals surface area (Å²) < 4.78 is 21.5. The quantitative estimate of drug-likeness (QED) is 0.609. The van der Waals surface area contributed by atoms with Crippen molar-refractivity contribution in [3.05, 3.63) is 52.3 Å². The molecule has 0 radical (unpaired) electrons. The molecule has 1 saturated heterocycles. The van der Waals surface area contributed by atoms with Crippen LogP contribution in [0, 0.1) is 12.7 Å². The molecule has 0 aromatic heterocycles. The molecule has 4 rings (SSSR count). The Morgan fingerprint density at radius 2 is 1.72 bits per heavy atom. The van der Waals surface area contributed by atoms with Crippen molar-refractivity contribution < 1.29 is 18.7 Å². The highest BCUT2D eigenvalue weighted by Crippen LogP contribution is 2.49. The van der Waals surface area contributed by atoms with E-state index in [1.165, 1.54) is 18.2 Å². The zero-order valence-electron chi connectivity index (χ0n) is 19.5. The number of methoxy groups -OCH3 is 1. The maximum absolute atomic E-state index is 15.9. The maximum Gasteiger partial charge on any atom is 0.286 e. The second-order valence-electron chi connectivity index (χ2n) is 10.2. The normalized spacial score (nSPS) is 21.3. The molecule has 6 heteroatoms. The second kappa shape index (κ2) is 7.91. The van der Waals surface area contributed by atoms with Gasteiger partial charge in [0.1, 0.15) is 11.6 Å². The second-order valence-corrected chi connectivity index (χ2v) is 11.4.